The molecule has 0 aliphatic heterocycles. The van der Waals surface area contributed by atoms with Gasteiger partial charge in [0.1, 0.15) is 11.6 Å². The van der Waals surface area contributed by atoms with Crippen LogP contribution in [0.5, 0.6) is 0 Å². The number of hydrogen-bond acceptors (Lipinski definition) is 4. The van der Waals surface area contributed by atoms with E-state index in [0.717, 1.165) is 0 Å². The molecular weight excluding hydrogens is 116 g/mol. The Kier molecular flexibility index (Phi) is 1.60. The summed E-state index contributed by atoms with van der Waals surface area (Å²) < 4.78 is 0. The van der Waals surface area contributed by atoms with Gasteiger partial charge in [0.15, 0.2) is 0 Å². The molecule has 0 saturated carbocycles. The normalized spacial score (nSPS) is 9.44. The lowest BCUT2D eigenvalue weighted by atomic mass is 10.5. The van der Waals surface area contributed by atoms with E-state index in [1.165, 1.54) is 0 Å². The van der Waals surface area contributed by atoms with Crippen molar-refractivity contribution in [1.82, 2.24) is 9.97 Å². The number of rotatable bonds is 1. The Bertz CT molecular complexity index is 198. The zero-order valence-corrected chi connectivity index (χ0v) is 4.91. The SMILES string of the molecule is NCc1nccc(N)n1. The van der Waals surface area contributed by atoms with Gasteiger partial charge in [0.25, 0.3) is 0 Å². The Labute approximate surface area is 52.9 Å². The molecule has 0 atom stereocenters. The number of hydrogen-bond donors (Lipinski definition) is 2. The molecule has 48 valence electrons. The molecule has 1 aromatic rings. The quantitative estimate of drug-likeness (QED) is 0.530. The lowest BCUT2D eigenvalue weighted by Crippen LogP contribution is -2.03. The second kappa shape index (κ2) is 2.41. The van der Waals surface area contributed by atoms with E-state index in [9.17, 15) is 0 Å². The molecule has 0 amide bonds. The van der Waals surface area contributed by atoms with Crippen molar-refractivity contribution < 1.29 is 0 Å². The van der Waals surface area contributed by atoms with Gasteiger partial charge in [0.2, 0.25) is 0 Å². The molecule has 4 heteroatoms. The zero-order chi connectivity index (χ0) is 6.69. The molecular formula is C5H8N4. The molecule has 0 aromatic carbocycles. The number of nitrogen functional groups attached to an aromatic ring is 1. The Hall–Kier alpha value is -1.16. The Morgan fingerprint density at radius 3 is 2.78 bits per heavy atom. The van der Waals surface area contributed by atoms with Crippen LogP contribution in [0.15, 0.2) is 12.3 Å². The molecule has 0 fully saturated rings. The summed E-state index contributed by atoms with van der Waals surface area (Å²) in [6.45, 7) is 0.338. The molecule has 0 spiro atoms. The molecule has 9 heavy (non-hydrogen) atoms. The third kappa shape index (κ3) is 1.36. The molecule has 4 N–H and O–H groups in total. The molecule has 4 nitrogen and oxygen atoms in total. The fourth-order valence-corrected chi connectivity index (χ4v) is 0.513. The fraction of sp³-hybridized carbons (Fsp3) is 0.200. The second-order valence-corrected chi connectivity index (χ2v) is 1.60. The predicted molar refractivity (Wildman–Crippen MR) is 34.3 cm³/mol. The maximum Gasteiger partial charge on any atom is 0.144 e. The standard InChI is InChI=1S/C5H8N4/c6-3-5-8-2-1-4(7)9-5/h1-2H,3,6H2,(H2,7,8,9). The maximum atomic E-state index is 5.33. The summed E-state index contributed by atoms with van der Waals surface area (Å²) in [5.41, 5.74) is 10.6. The van der Waals surface area contributed by atoms with Crippen LogP contribution in [0.2, 0.25) is 0 Å². The summed E-state index contributed by atoms with van der Waals surface area (Å²) >= 11 is 0. The molecule has 0 aliphatic rings. The van der Waals surface area contributed by atoms with E-state index in [-0.39, 0.29) is 0 Å². The van der Waals surface area contributed by atoms with E-state index in [2.05, 4.69) is 9.97 Å². The first kappa shape index (κ1) is 5.97. The van der Waals surface area contributed by atoms with Crippen LogP contribution in [0.25, 0.3) is 0 Å². The van der Waals surface area contributed by atoms with Gasteiger partial charge in [-0.3, -0.25) is 0 Å². The minimum absolute atomic E-state index is 0.338. The van der Waals surface area contributed by atoms with E-state index < -0.39 is 0 Å². The lowest BCUT2D eigenvalue weighted by molar-refractivity contribution is 0.913. The average molecular weight is 124 g/mol. The number of nitrogens with zero attached hydrogens (tertiary/aromatic N) is 2. The Morgan fingerprint density at radius 2 is 2.33 bits per heavy atom. The predicted octanol–water partition coefficient (Wildman–Crippen LogP) is -0.483. The van der Waals surface area contributed by atoms with Crippen LogP contribution in [0, 0.1) is 0 Å². The van der Waals surface area contributed by atoms with E-state index in [1.807, 2.05) is 0 Å². The third-order valence-electron chi connectivity index (χ3n) is 0.910. The van der Waals surface area contributed by atoms with Crippen LogP contribution in [0.1, 0.15) is 5.82 Å². The minimum Gasteiger partial charge on any atom is -0.384 e. The van der Waals surface area contributed by atoms with Gasteiger partial charge in [-0.15, -0.1) is 0 Å². The first-order chi connectivity index (χ1) is 4.33. The van der Waals surface area contributed by atoms with Crippen molar-refractivity contribution in [3.8, 4) is 0 Å². The highest BCUT2D eigenvalue weighted by atomic mass is 14.9. The first-order valence-electron chi connectivity index (χ1n) is 2.60. The number of aromatic nitrogens is 2. The Morgan fingerprint density at radius 1 is 1.56 bits per heavy atom. The van der Waals surface area contributed by atoms with Gasteiger partial charge in [-0.25, -0.2) is 9.97 Å². The highest BCUT2D eigenvalue weighted by molar-refractivity contribution is 5.24. The molecule has 0 saturated heterocycles. The lowest BCUT2D eigenvalue weighted by Gasteiger charge is -1.93. The minimum atomic E-state index is 0.338. The van der Waals surface area contributed by atoms with Crippen molar-refractivity contribution in [2.24, 2.45) is 5.73 Å². The van der Waals surface area contributed by atoms with Crippen molar-refractivity contribution in [3.63, 3.8) is 0 Å². The summed E-state index contributed by atoms with van der Waals surface area (Å²) in [6, 6.07) is 1.62. The Balaban J connectivity index is 2.94. The average Bonchev–Trinajstić information content (AvgIpc) is 1.88. The van der Waals surface area contributed by atoms with Crippen molar-refractivity contribution in [1.29, 1.82) is 0 Å². The molecule has 0 unspecified atom stereocenters. The highest BCUT2D eigenvalue weighted by Crippen LogP contribution is 1.93. The van der Waals surface area contributed by atoms with Crippen molar-refractivity contribution in [2.75, 3.05) is 5.73 Å². The highest BCUT2D eigenvalue weighted by Gasteiger charge is 1.89. The van der Waals surface area contributed by atoms with Crippen LogP contribution in [-0.2, 0) is 6.54 Å². The zero-order valence-electron chi connectivity index (χ0n) is 4.91. The molecule has 0 radical (unpaired) electrons. The fourth-order valence-electron chi connectivity index (χ4n) is 0.513. The topological polar surface area (TPSA) is 77.8 Å². The molecule has 1 aromatic heterocycles. The van der Waals surface area contributed by atoms with Crippen molar-refractivity contribution in [2.45, 2.75) is 6.54 Å². The van der Waals surface area contributed by atoms with Crippen molar-refractivity contribution in [3.05, 3.63) is 18.1 Å². The monoisotopic (exact) mass is 124 g/mol. The van der Waals surface area contributed by atoms with E-state index in [0.29, 0.717) is 18.2 Å². The van der Waals surface area contributed by atoms with Crippen LogP contribution < -0.4 is 11.5 Å². The van der Waals surface area contributed by atoms with Crippen LogP contribution in [0.3, 0.4) is 0 Å². The molecule has 1 heterocycles. The first-order valence-corrected chi connectivity index (χ1v) is 2.60. The number of anilines is 1. The molecule has 0 bridgehead atoms. The second-order valence-electron chi connectivity index (χ2n) is 1.60. The van der Waals surface area contributed by atoms with Gasteiger partial charge in [0, 0.05) is 6.20 Å². The third-order valence-corrected chi connectivity index (χ3v) is 0.910. The largest absolute Gasteiger partial charge is 0.384 e. The maximum absolute atomic E-state index is 5.33. The van der Waals surface area contributed by atoms with E-state index >= 15 is 0 Å². The summed E-state index contributed by atoms with van der Waals surface area (Å²) in [5, 5.41) is 0. The van der Waals surface area contributed by atoms with Gasteiger partial charge < -0.3 is 11.5 Å². The van der Waals surface area contributed by atoms with Gasteiger partial charge >= 0.3 is 0 Å². The van der Waals surface area contributed by atoms with E-state index in [1.54, 1.807) is 12.3 Å². The van der Waals surface area contributed by atoms with Crippen LogP contribution in [-0.4, -0.2) is 9.97 Å². The van der Waals surface area contributed by atoms with Crippen molar-refractivity contribution >= 4 is 5.82 Å². The number of nitrogens with two attached hydrogens (primary N) is 2. The molecule has 1 rings (SSSR count). The van der Waals surface area contributed by atoms with Gasteiger partial charge in [-0.1, -0.05) is 0 Å². The molecule has 0 aliphatic carbocycles. The van der Waals surface area contributed by atoms with Gasteiger partial charge in [0.05, 0.1) is 6.54 Å². The smallest absolute Gasteiger partial charge is 0.144 e. The summed E-state index contributed by atoms with van der Waals surface area (Å²) in [4.78, 5) is 7.68. The van der Waals surface area contributed by atoms with Crippen LogP contribution in [0.4, 0.5) is 5.82 Å². The van der Waals surface area contributed by atoms with Gasteiger partial charge in [-0.05, 0) is 6.07 Å². The summed E-state index contributed by atoms with van der Waals surface area (Å²) in [7, 11) is 0. The summed E-state index contributed by atoms with van der Waals surface area (Å²) in [5.74, 6) is 1.04. The van der Waals surface area contributed by atoms with Crippen LogP contribution >= 0.6 is 0 Å². The van der Waals surface area contributed by atoms with E-state index in [4.69, 9.17) is 11.5 Å². The van der Waals surface area contributed by atoms with Gasteiger partial charge in [-0.2, -0.15) is 0 Å². The summed E-state index contributed by atoms with van der Waals surface area (Å²) in [6.07, 6.45) is 1.59.